The molecule has 0 aliphatic carbocycles. The molecular weight excluding hydrogens is 348 g/mol. The van der Waals surface area contributed by atoms with Crippen molar-refractivity contribution in [1.82, 2.24) is 5.32 Å². The number of rotatable bonds is 5. The van der Waals surface area contributed by atoms with Crippen LogP contribution in [0, 0.1) is 6.92 Å². The van der Waals surface area contributed by atoms with Gasteiger partial charge in [-0.25, -0.2) is 8.42 Å². The molecule has 5 nitrogen and oxygen atoms in total. The van der Waals surface area contributed by atoms with Crippen LogP contribution in [0.5, 0.6) is 0 Å². The Morgan fingerprint density at radius 1 is 1.12 bits per heavy atom. The highest BCUT2D eigenvalue weighted by molar-refractivity contribution is 7.92. The van der Waals surface area contributed by atoms with Crippen molar-refractivity contribution in [3.05, 3.63) is 58.6 Å². The second kappa shape index (κ2) is 7.23. The minimum atomic E-state index is -3.91. The van der Waals surface area contributed by atoms with E-state index >= 15 is 0 Å². The monoisotopic (exact) mass is 366 g/mol. The number of hydrogen-bond donors (Lipinski definition) is 2. The molecule has 24 heavy (non-hydrogen) atoms. The largest absolute Gasteiger partial charge is 0.350 e. The highest BCUT2D eigenvalue weighted by Crippen LogP contribution is 2.25. The van der Waals surface area contributed by atoms with E-state index in [1.807, 2.05) is 26.8 Å². The third kappa shape index (κ3) is 4.49. The van der Waals surface area contributed by atoms with Crippen LogP contribution in [0.3, 0.4) is 0 Å². The van der Waals surface area contributed by atoms with E-state index in [1.165, 1.54) is 18.2 Å². The van der Waals surface area contributed by atoms with Crippen molar-refractivity contribution >= 4 is 33.2 Å². The highest BCUT2D eigenvalue weighted by atomic mass is 35.5. The van der Waals surface area contributed by atoms with E-state index in [-0.39, 0.29) is 27.4 Å². The molecule has 2 N–H and O–H groups in total. The van der Waals surface area contributed by atoms with E-state index in [4.69, 9.17) is 11.6 Å². The topological polar surface area (TPSA) is 75.3 Å². The fourth-order valence-corrected chi connectivity index (χ4v) is 3.69. The number of amides is 1. The Morgan fingerprint density at radius 3 is 2.46 bits per heavy atom. The van der Waals surface area contributed by atoms with Gasteiger partial charge in [-0.1, -0.05) is 23.7 Å². The summed E-state index contributed by atoms with van der Waals surface area (Å²) in [6.07, 6.45) is 0. The lowest BCUT2D eigenvalue weighted by molar-refractivity contribution is 0.0943. The smallest absolute Gasteiger partial charge is 0.263 e. The lowest BCUT2D eigenvalue weighted by Crippen LogP contribution is -2.30. The summed E-state index contributed by atoms with van der Waals surface area (Å²) < 4.78 is 27.7. The number of hydrogen-bond acceptors (Lipinski definition) is 3. The predicted molar refractivity (Wildman–Crippen MR) is 96.0 cm³/mol. The Balaban J connectivity index is 2.37. The van der Waals surface area contributed by atoms with Gasteiger partial charge in [0.05, 0.1) is 5.02 Å². The molecule has 2 rings (SSSR count). The minimum Gasteiger partial charge on any atom is -0.350 e. The Bertz CT molecular complexity index is 864. The fourth-order valence-electron chi connectivity index (χ4n) is 2.11. The van der Waals surface area contributed by atoms with Crippen molar-refractivity contribution in [3.63, 3.8) is 0 Å². The zero-order valence-electron chi connectivity index (χ0n) is 13.6. The third-order valence-electron chi connectivity index (χ3n) is 3.17. The molecule has 128 valence electrons. The first-order chi connectivity index (χ1) is 11.2. The van der Waals surface area contributed by atoms with Gasteiger partial charge in [-0.05, 0) is 56.7 Å². The van der Waals surface area contributed by atoms with Crippen LogP contribution in [0.1, 0.15) is 29.8 Å². The number of benzene rings is 2. The van der Waals surface area contributed by atoms with E-state index in [9.17, 15) is 13.2 Å². The Morgan fingerprint density at radius 2 is 1.83 bits per heavy atom. The number of halogens is 1. The number of anilines is 1. The van der Waals surface area contributed by atoms with Crippen molar-refractivity contribution in [2.24, 2.45) is 0 Å². The van der Waals surface area contributed by atoms with Crippen molar-refractivity contribution < 1.29 is 13.2 Å². The van der Waals surface area contributed by atoms with Crippen LogP contribution < -0.4 is 10.0 Å². The van der Waals surface area contributed by atoms with Gasteiger partial charge in [-0.15, -0.1) is 0 Å². The first-order valence-electron chi connectivity index (χ1n) is 7.39. The SMILES string of the molecule is Cc1cccc(NS(=O)(=O)c2cc(C(=O)NC(C)C)ccc2Cl)c1. The predicted octanol–water partition coefficient (Wildman–Crippen LogP) is 3.59. The summed E-state index contributed by atoms with van der Waals surface area (Å²) in [7, 11) is -3.91. The van der Waals surface area contributed by atoms with E-state index in [1.54, 1.807) is 18.2 Å². The summed E-state index contributed by atoms with van der Waals surface area (Å²) in [4.78, 5) is 11.9. The molecule has 0 atom stereocenters. The molecule has 1 amide bonds. The molecule has 0 spiro atoms. The molecule has 7 heteroatoms. The second-order valence-corrected chi connectivity index (χ2v) is 7.81. The van der Waals surface area contributed by atoms with Crippen LogP contribution in [-0.4, -0.2) is 20.4 Å². The minimum absolute atomic E-state index is 0.0521. The van der Waals surface area contributed by atoms with Crippen LogP contribution >= 0.6 is 11.6 Å². The molecule has 0 fully saturated rings. The van der Waals surface area contributed by atoms with Crippen molar-refractivity contribution in [2.45, 2.75) is 31.7 Å². The van der Waals surface area contributed by atoms with E-state index in [0.717, 1.165) is 5.56 Å². The van der Waals surface area contributed by atoms with Crippen LogP contribution in [0.4, 0.5) is 5.69 Å². The summed E-state index contributed by atoms with van der Waals surface area (Å²) in [6, 6.07) is 11.1. The molecule has 2 aromatic carbocycles. The Kier molecular flexibility index (Phi) is 5.51. The molecule has 0 aliphatic heterocycles. The van der Waals surface area contributed by atoms with Crippen LogP contribution in [-0.2, 0) is 10.0 Å². The molecule has 0 heterocycles. The fraction of sp³-hybridized carbons (Fsp3) is 0.235. The Hall–Kier alpha value is -2.05. The quantitative estimate of drug-likeness (QED) is 0.849. The first kappa shape index (κ1) is 18.3. The van der Waals surface area contributed by atoms with Gasteiger partial charge in [0.2, 0.25) is 0 Å². The lowest BCUT2D eigenvalue weighted by atomic mass is 10.2. The number of nitrogens with one attached hydrogen (secondary N) is 2. The van der Waals surface area contributed by atoms with Gasteiger partial charge < -0.3 is 5.32 Å². The van der Waals surface area contributed by atoms with Gasteiger partial charge in [0.25, 0.3) is 15.9 Å². The molecule has 2 aromatic rings. The zero-order chi connectivity index (χ0) is 17.9. The zero-order valence-corrected chi connectivity index (χ0v) is 15.2. The summed E-state index contributed by atoms with van der Waals surface area (Å²) in [6.45, 7) is 5.51. The van der Waals surface area contributed by atoms with Gasteiger partial charge in [-0.3, -0.25) is 9.52 Å². The normalized spacial score (nSPS) is 11.4. The van der Waals surface area contributed by atoms with Crippen molar-refractivity contribution in [2.75, 3.05) is 4.72 Å². The maximum atomic E-state index is 12.6. The lowest BCUT2D eigenvalue weighted by Gasteiger charge is -2.12. The Labute approximate surface area is 147 Å². The number of aryl methyl sites for hydroxylation is 1. The van der Waals surface area contributed by atoms with Gasteiger partial charge in [0.1, 0.15) is 4.90 Å². The summed E-state index contributed by atoms with van der Waals surface area (Å²) in [5, 5.41) is 2.77. The second-order valence-electron chi connectivity index (χ2n) is 5.75. The number of sulfonamides is 1. The van der Waals surface area contributed by atoms with Crippen molar-refractivity contribution in [3.8, 4) is 0 Å². The maximum Gasteiger partial charge on any atom is 0.263 e. The van der Waals surface area contributed by atoms with Gasteiger partial charge in [-0.2, -0.15) is 0 Å². The first-order valence-corrected chi connectivity index (χ1v) is 9.25. The van der Waals surface area contributed by atoms with Gasteiger partial charge in [0, 0.05) is 17.3 Å². The van der Waals surface area contributed by atoms with Crippen molar-refractivity contribution in [1.29, 1.82) is 0 Å². The molecule has 0 radical (unpaired) electrons. The molecule has 0 saturated carbocycles. The molecule has 0 saturated heterocycles. The standard InChI is InChI=1S/C17H19ClN2O3S/c1-11(2)19-17(21)13-7-8-15(18)16(10-13)24(22,23)20-14-6-4-5-12(3)9-14/h4-11,20H,1-3H3,(H,19,21). The summed E-state index contributed by atoms with van der Waals surface area (Å²) in [5.41, 5.74) is 1.59. The molecule has 0 unspecified atom stereocenters. The van der Waals surface area contributed by atoms with E-state index in [0.29, 0.717) is 5.69 Å². The third-order valence-corrected chi connectivity index (χ3v) is 5.04. The van der Waals surface area contributed by atoms with Crippen LogP contribution in [0.2, 0.25) is 5.02 Å². The van der Waals surface area contributed by atoms with E-state index in [2.05, 4.69) is 10.0 Å². The number of carbonyl (C=O) groups is 1. The molecule has 0 bridgehead atoms. The van der Waals surface area contributed by atoms with Crippen LogP contribution in [0.15, 0.2) is 47.4 Å². The average molecular weight is 367 g/mol. The summed E-state index contributed by atoms with van der Waals surface area (Å²) >= 11 is 6.04. The van der Waals surface area contributed by atoms with Gasteiger partial charge in [0.15, 0.2) is 0 Å². The highest BCUT2D eigenvalue weighted by Gasteiger charge is 2.20. The maximum absolute atomic E-state index is 12.6. The van der Waals surface area contributed by atoms with Gasteiger partial charge >= 0.3 is 0 Å². The molecule has 0 aromatic heterocycles. The molecule has 0 aliphatic rings. The summed E-state index contributed by atoms with van der Waals surface area (Å²) in [5.74, 6) is -0.353. The van der Waals surface area contributed by atoms with E-state index < -0.39 is 10.0 Å². The molecular formula is C17H19ClN2O3S. The number of carbonyl (C=O) groups excluding carboxylic acids is 1. The van der Waals surface area contributed by atoms with Crippen LogP contribution in [0.25, 0.3) is 0 Å². The average Bonchev–Trinajstić information content (AvgIpc) is 2.46.